The zero-order chi connectivity index (χ0) is 15.8. The fraction of sp³-hybridized carbons (Fsp3) is 0.467. The van der Waals surface area contributed by atoms with Crippen LogP contribution >= 0.6 is 15.9 Å². The van der Waals surface area contributed by atoms with E-state index < -0.39 is 0 Å². The Bertz CT molecular complexity index is 474. The molecular weight excluding hydrogens is 334 g/mol. The summed E-state index contributed by atoms with van der Waals surface area (Å²) in [4.78, 5) is 25.7. The lowest BCUT2D eigenvalue weighted by Gasteiger charge is -2.22. The second kappa shape index (κ2) is 8.79. The number of benzene rings is 1. The summed E-state index contributed by atoms with van der Waals surface area (Å²) in [7, 11) is 3.73. The van der Waals surface area contributed by atoms with E-state index in [1.54, 1.807) is 12.1 Å². The Balaban J connectivity index is 2.44. The molecule has 0 bridgehead atoms. The van der Waals surface area contributed by atoms with Crippen molar-refractivity contribution in [3.8, 4) is 0 Å². The average Bonchev–Trinajstić information content (AvgIpc) is 2.44. The highest BCUT2D eigenvalue weighted by Crippen LogP contribution is 2.13. The van der Waals surface area contributed by atoms with Gasteiger partial charge in [-0.3, -0.25) is 14.5 Å². The lowest BCUT2D eigenvalue weighted by molar-refractivity contribution is -0.127. The number of amides is 2. The molecule has 21 heavy (non-hydrogen) atoms. The molecule has 0 aliphatic heterocycles. The number of anilines is 1. The van der Waals surface area contributed by atoms with Crippen LogP contribution in [0.1, 0.15) is 19.8 Å². The molecular formula is C15H22BrN3O2. The van der Waals surface area contributed by atoms with Crippen LogP contribution in [0.15, 0.2) is 28.7 Å². The molecule has 0 unspecified atom stereocenters. The van der Waals surface area contributed by atoms with Crippen LogP contribution in [0, 0.1) is 0 Å². The Morgan fingerprint density at radius 2 is 1.86 bits per heavy atom. The van der Waals surface area contributed by atoms with Crippen molar-refractivity contribution in [1.82, 2.24) is 10.2 Å². The second-order valence-corrected chi connectivity index (χ2v) is 5.96. The van der Waals surface area contributed by atoms with Crippen molar-refractivity contribution >= 4 is 33.4 Å². The topological polar surface area (TPSA) is 61.4 Å². The minimum atomic E-state index is -0.236. The van der Waals surface area contributed by atoms with Crippen molar-refractivity contribution in [3.05, 3.63) is 28.7 Å². The molecule has 2 N–H and O–H groups in total. The number of halogens is 1. The Labute approximate surface area is 134 Å². The normalized spacial score (nSPS) is 12.0. The summed E-state index contributed by atoms with van der Waals surface area (Å²) in [6.07, 6.45) is 1.69. The zero-order valence-corrected chi connectivity index (χ0v) is 14.2. The monoisotopic (exact) mass is 355 g/mol. The molecule has 0 aromatic heterocycles. The van der Waals surface area contributed by atoms with Crippen LogP contribution in [0.3, 0.4) is 0 Å². The van der Waals surface area contributed by atoms with E-state index in [4.69, 9.17) is 0 Å². The number of nitrogens with zero attached hydrogens (tertiary/aromatic N) is 1. The van der Waals surface area contributed by atoms with Gasteiger partial charge >= 0.3 is 0 Å². The molecule has 1 aromatic rings. The number of hydrogen-bond acceptors (Lipinski definition) is 3. The number of nitrogens with one attached hydrogen (secondary N) is 2. The molecule has 1 aromatic carbocycles. The summed E-state index contributed by atoms with van der Waals surface area (Å²) in [5.41, 5.74) is 0.704. The molecule has 0 aliphatic carbocycles. The molecule has 5 nitrogen and oxygen atoms in total. The first-order valence-corrected chi connectivity index (χ1v) is 7.73. The largest absolute Gasteiger partial charge is 0.346 e. The summed E-state index contributed by atoms with van der Waals surface area (Å²) in [6.45, 7) is 2.01. The summed E-state index contributed by atoms with van der Waals surface area (Å²) in [6, 6.07) is 7.08. The molecule has 0 radical (unpaired) electrons. The molecule has 1 rings (SSSR count). The van der Waals surface area contributed by atoms with Gasteiger partial charge in [-0.1, -0.05) is 29.3 Å². The summed E-state index contributed by atoms with van der Waals surface area (Å²) in [5, 5.41) is 5.41. The first-order chi connectivity index (χ1) is 9.93. The first kappa shape index (κ1) is 17.7. The zero-order valence-electron chi connectivity index (χ0n) is 12.6. The minimum absolute atomic E-state index is 0.0248. The van der Waals surface area contributed by atoms with Crippen LogP contribution in [0.25, 0.3) is 0 Å². The maximum Gasteiger partial charge on any atom is 0.243 e. The van der Waals surface area contributed by atoms with Gasteiger partial charge in [-0.15, -0.1) is 0 Å². The molecule has 116 valence electrons. The van der Waals surface area contributed by atoms with Crippen LogP contribution in [-0.2, 0) is 9.59 Å². The van der Waals surface area contributed by atoms with E-state index in [1.807, 2.05) is 38.1 Å². The number of carbonyl (C=O) groups is 2. The Morgan fingerprint density at radius 1 is 1.24 bits per heavy atom. The Kier molecular flexibility index (Phi) is 7.39. The number of likely N-dealkylation sites (N-methyl/N-ethyl adjacent to an activating group) is 1. The van der Waals surface area contributed by atoms with Crippen LogP contribution < -0.4 is 10.6 Å². The fourth-order valence-electron chi connectivity index (χ4n) is 1.92. The third kappa shape index (κ3) is 6.27. The predicted molar refractivity (Wildman–Crippen MR) is 88.2 cm³/mol. The number of rotatable bonds is 7. The Morgan fingerprint density at radius 3 is 2.38 bits per heavy atom. The van der Waals surface area contributed by atoms with Crippen LogP contribution in [0.4, 0.5) is 5.69 Å². The van der Waals surface area contributed by atoms with Crippen molar-refractivity contribution in [2.24, 2.45) is 0 Å². The highest BCUT2D eigenvalue weighted by Gasteiger charge is 2.19. The van der Waals surface area contributed by atoms with Crippen LogP contribution in [-0.4, -0.2) is 43.4 Å². The third-order valence-corrected chi connectivity index (χ3v) is 3.57. The van der Waals surface area contributed by atoms with Gasteiger partial charge < -0.3 is 10.6 Å². The highest BCUT2D eigenvalue weighted by atomic mass is 79.9. The molecule has 0 heterocycles. The van der Waals surface area contributed by atoms with Crippen molar-refractivity contribution in [2.45, 2.75) is 25.8 Å². The summed E-state index contributed by atoms with van der Waals surface area (Å²) < 4.78 is 0.946. The van der Waals surface area contributed by atoms with Gasteiger partial charge in [0, 0.05) is 10.2 Å². The van der Waals surface area contributed by atoms with Gasteiger partial charge in [0.2, 0.25) is 11.8 Å². The lowest BCUT2D eigenvalue weighted by atomic mass is 10.1. The van der Waals surface area contributed by atoms with E-state index >= 15 is 0 Å². The molecule has 0 spiro atoms. The molecule has 0 aliphatic rings. The van der Waals surface area contributed by atoms with Crippen LogP contribution in [0.5, 0.6) is 0 Å². The van der Waals surface area contributed by atoms with Gasteiger partial charge in [-0.25, -0.2) is 0 Å². The number of carbonyl (C=O) groups excluding carboxylic acids is 2. The van der Waals surface area contributed by atoms with E-state index in [0.29, 0.717) is 5.69 Å². The van der Waals surface area contributed by atoms with Gasteiger partial charge in [0.1, 0.15) is 0 Å². The highest BCUT2D eigenvalue weighted by molar-refractivity contribution is 9.10. The maximum atomic E-state index is 12.0. The van der Waals surface area contributed by atoms with Crippen LogP contribution in [0.2, 0.25) is 0 Å². The van der Waals surface area contributed by atoms with E-state index in [0.717, 1.165) is 17.3 Å². The molecule has 0 saturated heterocycles. The summed E-state index contributed by atoms with van der Waals surface area (Å²) in [5.74, 6) is -0.354. The van der Waals surface area contributed by atoms with Gasteiger partial charge in [-0.2, -0.15) is 0 Å². The van der Waals surface area contributed by atoms with Gasteiger partial charge in [0.25, 0.3) is 0 Å². The Hall–Kier alpha value is -1.40. The second-order valence-electron chi connectivity index (χ2n) is 5.04. The molecule has 6 heteroatoms. The lowest BCUT2D eigenvalue weighted by Crippen LogP contribution is -2.45. The predicted octanol–water partition coefficient (Wildman–Crippen LogP) is 2.23. The minimum Gasteiger partial charge on any atom is -0.346 e. The van der Waals surface area contributed by atoms with E-state index in [-0.39, 0.29) is 24.4 Å². The first-order valence-electron chi connectivity index (χ1n) is 6.93. The van der Waals surface area contributed by atoms with Crippen molar-refractivity contribution in [2.75, 3.05) is 26.0 Å². The smallest absolute Gasteiger partial charge is 0.243 e. The fourth-order valence-corrected chi connectivity index (χ4v) is 2.19. The van der Waals surface area contributed by atoms with Crippen molar-refractivity contribution in [3.63, 3.8) is 0 Å². The molecule has 1 atom stereocenters. The van der Waals surface area contributed by atoms with E-state index in [1.165, 1.54) is 0 Å². The standard InChI is InChI=1S/C15H22BrN3O2/c1-4-5-13(19(2)3)15(21)17-10-14(20)18-12-8-6-11(16)7-9-12/h6-9,13H,4-5,10H2,1-3H3,(H,17,21)(H,18,20)/t13-/m1/s1. The molecule has 0 saturated carbocycles. The van der Waals surface area contributed by atoms with E-state index in [9.17, 15) is 9.59 Å². The third-order valence-electron chi connectivity index (χ3n) is 3.04. The van der Waals surface area contributed by atoms with Crippen molar-refractivity contribution in [1.29, 1.82) is 0 Å². The van der Waals surface area contributed by atoms with Gasteiger partial charge in [0.15, 0.2) is 0 Å². The van der Waals surface area contributed by atoms with Gasteiger partial charge in [-0.05, 0) is 44.8 Å². The van der Waals surface area contributed by atoms with E-state index in [2.05, 4.69) is 26.6 Å². The molecule has 0 fully saturated rings. The molecule has 2 amide bonds. The quantitative estimate of drug-likeness (QED) is 0.788. The number of hydrogen-bond donors (Lipinski definition) is 2. The average molecular weight is 356 g/mol. The summed E-state index contributed by atoms with van der Waals surface area (Å²) >= 11 is 3.33. The SMILES string of the molecule is CCC[C@H](C(=O)NCC(=O)Nc1ccc(Br)cc1)N(C)C. The van der Waals surface area contributed by atoms with Gasteiger partial charge in [0.05, 0.1) is 12.6 Å². The van der Waals surface area contributed by atoms with Crippen molar-refractivity contribution < 1.29 is 9.59 Å². The maximum absolute atomic E-state index is 12.0.